The molecule has 1 aromatic rings. The molecule has 0 aromatic heterocycles. The Labute approximate surface area is 128 Å². The number of sulfonamides is 1. The lowest BCUT2D eigenvalue weighted by Gasteiger charge is -2.26. The topological polar surface area (TPSA) is 46.6 Å². The van der Waals surface area contributed by atoms with E-state index in [-0.39, 0.29) is 0 Å². The molecule has 1 fully saturated rings. The number of unbranched alkanes of at least 4 members (excludes halogenated alkanes) is 1. The molecule has 1 saturated heterocycles. The van der Waals surface area contributed by atoms with Crippen LogP contribution in [0.4, 0.5) is 0 Å². The average Bonchev–Trinajstić information content (AvgIpc) is 2.48. The molecule has 118 valence electrons. The van der Waals surface area contributed by atoms with E-state index in [1.807, 2.05) is 19.1 Å². The minimum absolute atomic E-state index is 0.311. The van der Waals surface area contributed by atoms with E-state index in [9.17, 15) is 8.42 Å². The van der Waals surface area contributed by atoms with Crippen molar-refractivity contribution in [3.8, 4) is 5.75 Å². The third-order valence-electron chi connectivity index (χ3n) is 3.79. The monoisotopic (exact) mass is 311 g/mol. The third kappa shape index (κ3) is 3.98. The summed E-state index contributed by atoms with van der Waals surface area (Å²) in [4.78, 5) is 0.311. The van der Waals surface area contributed by atoms with Gasteiger partial charge in [0.2, 0.25) is 10.0 Å². The fraction of sp³-hybridized carbons (Fsp3) is 0.625. The van der Waals surface area contributed by atoms with Crippen LogP contribution in [0.2, 0.25) is 0 Å². The molecule has 5 heteroatoms. The Morgan fingerprint density at radius 3 is 2.57 bits per heavy atom. The first-order chi connectivity index (χ1) is 10.1. The molecule has 0 radical (unpaired) electrons. The van der Waals surface area contributed by atoms with Crippen molar-refractivity contribution >= 4 is 10.0 Å². The molecular weight excluding hydrogens is 286 g/mol. The minimum atomic E-state index is -3.44. The first kappa shape index (κ1) is 16.3. The van der Waals surface area contributed by atoms with E-state index in [1.165, 1.54) is 0 Å². The first-order valence-electron chi connectivity index (χ1n) is 7.79. The number of nitrogens with zero attached hydrogens (tertiary/aromatic N) is 1. The number of ether oxygens (including phenoxy) is 1. The fourth-order valence-corrected chi connectivity index (χ4v) is 4.14. The van der Waals surface area contributed by atoms with E-state index in [0.717, 1.165) is 37.7 Å². The van der Waals surface area contributed by atoms with Gasteiger partial charge in [0, 0.05) is 13.1 Å². The summed E-state index contributed by atoms with van der Waals surface area (Å²) < 4.78 is 32.9. The van der Waals surface area contributed by atoms with E-state index in [0.29, 0.717) is 30.3 Å². The molecule has 1 aromatic carbocycles. The Kier molecular flexibility index (Phi) is 5.65. The van der Waals surface area contributed by atoms with Gasteiger partial charge < -0.3 is 4.74 Å². The number of aryl methyl sites for hydroxylation is 1. The summed E-state index contributed by atoms with van der Waals surface area (Å²) in [5, 5.41) is 0. The van der Waals surface area contributed by atoms with Crippen molar-refractivity contribution in [2.75, 3.05) is 19.7 Å². The Morgan fingerprint density at radius 2 is 1.90 bits per heavy atom. The summed E-state index contributed by atoms with van der Waals surface area (Å²) >= 11 is 0. The Balaban J connectivity index is 2.28. The van der Waals surface area contributed by atoms with Crippen LogP contribution in [-0.4, -0.2) is 32.4 Å². The smallest absolute Gasteiger partial charge is 0.246 e. The molecule has 1 aliphatic heterocycles. The summed E-state index contributed by atoms with van der Waals surface area (Å²) in [6.45, 7) is 5.83. The molecule has 1 aliphatic rings. The van der Waals surface area contributed by atoms with Crippen LogP contribution in [-0.2, 0) is 10.0 Å². The summed E-state index contributed by atoms with van der Waals surface area (Å²) in [6.07, 6.45) is 4.95. The second-order valence-corrected chi connectivity index (χ2v) is 7.52. The van der Waals surface area contributed by atoms with E-state index < -0.39 is 10.0 Å². The van der Waals surface area contributed by atoms with Gasteiger partial charge in [-0.2, -0.15) is 4.31 Å². The van der Waals surface area contributed by atoms with Gasteiger partial charge in [-0.1, -0.05) is 25.8 Å². The standard InChI is InChI=1S/C16H25NO3S/c1-3-4-12-20-15-13-14(2)8-9-16(15)21(18,19)17-10-6-5-7-11-17/h8-9,13H,3-7,10-12H2,1-2H3. The molecule has 0 aliphatic carbocycles. The summed E-state index contributed by atoms with van der Waals surface area (Å²) in [6, 6.07) is 5.34. The van der Waals surface area contributed by atoms with Gasteiger partial charge in [-0.3, -0.25) is 0 Å². The zero-order valence-corrected chi connectivity index (χ0v) is 13.8. The fourth-order valence-electron chi connectivity index (χ4n) is 2.51. The molecule has 4 nitrogen and oxygen atoms in total. The molecule has 1 heterocycles. The normalized spacial score (nSPS) is 16.9. The van der Waals surface area contributed by atoms with Gasteiger partial charge in [-0.15, -0.1) is 0 Å². The Bertz CT molecular complexity index is 563. The average molecular weight is 311 g/mol. The van der Waals surface area contributed by atoms with Gasteiger partial charge in [-0.25, -0.2) is 8.42 Å². The largest absolute Gasteiger partial charge is 0.492 e. The van der Waals surface area contributed by atoms with Gasteiger partial charge in [0.05, 0.1) is 6.61 Å². The highest BCUT2D eigenvalue weighted by Gasteiger charge is 2.28. The number of hydrogen-bond donors (Lipinski definition) is 0. The van der Waals surface area contributed by atoms with Gasteiger partial charge in [0.25, 0.3) is 0 Å². The molecular formula is C16H25NO3S. The molecule has 0 N–H and O–H groups in total. The molecule has 21 heavy (non-hydrogen) atoms. The second-order valence-electron chi connectivity index (χ2n) is 5.62. The highest BCUT2D eigenvalue weighted by Crippen LogP contribution is 2.29. The highest BCUT2D eigenvalue weighted by molar-refractivity contribution is 7.89. The quantitative estimate of drug-likeness (QED) is 0.757. The lowest BCUT2D eigenvalue weighted by molar-refractivity contribution is 0.298. The number of rotatable bonds is 6. The third-order valence-corrected chi connectivity index (χ3v) is 5.73. The van der Waals surface area contributed by atoms with Crippen molar-refractivity contribution in [2.45, 2.75) is 50.8 Å². The predicted octanol–water partition coefficient (Wildman–Crippen LogP) is 3.35. The molecule has 0 amide bonds. The molecule has 0 bridgehead atoms. The summed E-state index contributed by atoms with van der Waals surface area (Å²) in [5.41, 5.74) is 1.01. The first-order valence-corrected chi connectivity index (χ1v) is 9.23. The second kappa shape index (κ2) is 7.27. The lowest BCUT2D eigenvalue weighted by atomic mass is 10.2. The lowest BCUT2D eigenvalue weighted by Crippen LogP contribution is -2.35. The van der Waals surface area contributed by atoms with Crippen LogP contribution in [0.5, 0.6) is 5.75 Å². The Morgan fingerprint density at radius 1 is 1.19 bits per heavy atom. The number of piperidine rings is 1. The molecule has 0 unspecified atom stereocenters. The van der Waals surface area contributed by atoms with Crippen LogP contribution in [0, 0.1) is 6.92 Å². The van der Waals surface area contributed by atoms with E-state index in [2.05, 4.69) is 6.92 Å². The summed E-state index contributed by atoms with van der Waals surface area (Å²) in [5.74, 6) is 0.494. The van der Waals surface area contributed by atoms with Crippen molar-refractivity contribution in [3.05, 3.63) is 23.8 Å². The van der Waals surface area contributed by atoms with Gasteiger partial charge >= 0.3 is 0 Å². The van der Waals surface area contributed by atoms with Crippen LogP contribution in [0.25, 0.3) is 0 Å². The minimum Gasteiger partial charge on any atom is -0.492 e. The van der Waals surface area contributed by atoms with Crippen molar-refractivity contribution in [2.24, 2.45) is 0 Å². The summed E-state index contributed by atoms with van der Waals surface area (Å²) in [7, 11) is -3.44. The number of hydrogen-bond acceptors (Lipinski definition) is 3. The maximum Gasteiger partial charge on any atom is 0.246 e. The van der Waals surface area contributed by atoms with Crippen LogP contribution >= 0.6 is 0 Å². The van der Waals surface area contributed by atoms with Gasteiger partial charge in [0.15, 0.2) is 0 Å². The zero-order chi connectivity index (χ0) is 15.3. The van der Waals surface area contributed by atoms with Crippen molar-refractivity contribution in [1.29, 1.82) is 0 Å². The van der Waals surface area contributed by atoms with Crippen LogP contribution in [0.15, 0.2) is 23.1 Å². The molecule has 0 spiro atoms. The van der Waals surface area contributed by atoms with E-state index >= 15 is 0 Å². The van der Waals surface area contributed by atoms with E-state index in [4.69, 9.17) is 4.74 Å². The maximum absolute atomic E-state index is 12.8. The van der Waals surface area contributed by atoms with E-state index in [1.54, 1.807) is 10.4 Å². The van der Waals surface area contributed by atoms with Crippen LogP contribution in [0.3, 0.4) is 0 Å². The van der Waals surface area contributed by atoms with Gasteiger partial charge in [-0.05, 0) is 43.9 Å². The maximum atomic E-state index is 12.8. The highest BCUT2D eigenvalue weighted by atomic mass is 32.2. The molecule has 0 saturated carbocycles. The van der Waals surface area contributed by atoms with Crippen LogP contribution in [0.1, 0.15) is 44.6 Å². The van der Waals surface area contributed by atoms with Crippen molar-refractivity contribution in [1.82, 2.24) is 4.31 Å². The van der Waals surface area contributed by atoms with Crippen molar-refractivity contribution in [3.63, 3.8) is 0 Å². The van der Waals surface area contributed by atoms with Gasteiger partial charge in [0.1, 0.15) is 10.6 Å². The van der Waals surface area contributed by atoms with Crippen LogP contribution < -0.4 is 4.74 Å². The Hall–Kier alpha value is -1.07. The zero-order valence-electron chi connectivity index (χ0n) is 13.0. The van der Waals surface area contributed by atoms with Crippen molar-refractivity contribution < 1.29 is 13.2 Å². The number of benzene rings is 1. The predicted molar refractivity (Wildman–Crippen MR) is 84.2 cm³/mol. The molecule has 0 atom stereocenters. The SMILES string of the molecule is CCCCOc1cc(C)ccc1S(=O)(=O)N1CCCCC1. The molecule has 2 rings (SSSR count).